The zero-order chi connectivity index (χ0) is 24.3. The van der Waals surface area contributed by atoms with Crippen molar-refractivity contribution < 1.29 is 19.2 Å². The van der Waals surface area contributed by atoms with Crippen LogP contribution in [-0.2, 0) is 19.2 Å². The molecular weight excluding hydrogens is 408 g/mol. The van der Waals surface area contributed by atoms with Crippen molar-refractivity contribution in [2.75, 3.05) is 6.54 Å². The molecule has 0 aromatic rings. The number of nitrogens with one attached hydrogen (secondary N) is 3. The predicted molar refractivity (Wildman–Crippen MR) is 125 cm³/mol. The van der Waals surface area contributed by atoms with Crippen LogP contribution in [0.2, 0.25) is 0 Å². The van der Waals surface area contributed by atoms with Gasteiger partial charge in [0.15, 0.2) is 11.6 Å². The zero-order valence-electron chi connectivity index (χ0n) is 20.2. The van der Waals surface area contributed by atoms with Crippen LogP contribution in [-0.4, -0.2) is 41.5 Å². The van der Waals surface area contributed by atoms with Gasteiger partial charge in [0.25, 0.3) is 0 Å². The third kappa shape index (κ3) is 9.01. The van der Waals surface area contributed by atoms with Gasteiger partial charge in [-0.25, -0.2) is 0 Å². The standard InChI is InChI=1S/C24H42N4O4/c1-6-19-20(29)12-8-7-9-13-24(5,28-22(31)16(2)3)21(30)15-18(23(32)27-19)11-10-14-26-17(4)25/h16,18-19,26H,4,6-15,25H2,1-3,5H3,(H,27,32)(H,28,31)/t18-,19+,24+/m1/s1. The maximum Gasteiger partial charge on any atom is 0.224 e. The number of Topliss-reactive ketones (excluding diaryl/α,β-unsaturated/α-hetero) is 2. The molecule has 0 spiro atoms. The Morgan fingerprint density at radius 2 is 1.94 bits per heavy atom. The molecule has 8 heteroatoms. The second-order valence-electron chi connectivity index (χ2n) is 9.39. The molecule has 0 aromatic carbocycles. The van der Waals surface area contributed by atoms with Crippen molar-refractivity contribution >= 4 is 23.4 Å². The summed E-state index contributed by atoms with van der Waals surface area (Å²) < 4.78 is 0. The van der Waals surface area contributed by atoms with Gasteiger partial charge in [0.05, 0.1) is 17.4 Å². The maximum absolute atomic E-state index is 13.4. The van der Waals surface area contributed by atoms with E-state index in [1.165, 1.54) is 0 Å². The Bertz CT molecular complexity index is 691. The van der Waals surface area contributed by atoms with Crippen molar-refractivity contribution in [3.05, 3.63) is 12.4 Å². The lowest BCUT2D eigenvalue weighted by molar-refractivity contribution is -0.136. The fourth-order valence-electron chi connectivity index (χ4n) is 3.89. The molecular formula is C24H42N4O4. The number of nitrogens with two attached hydrogens (primary N) is 1. The lowest BCUT2D eigenvalue weighted by Crippen LogP contribution is -2.54. The van der Waals surface area contributed by atoms with Gasteiger partial charge in [-0.05, 0) is 39.0 Å². The molecule has 1 heterocycles. The molecule has 182 valence electrons. The van der Waals surface area contributed by atoms with E-state index < -0.39 is 17.5 Å². The Balaban J connectivity index is 3.12. The van der Waals surface area contributed by atoms with E-state index in [2.05, 4.69) is 22.5 Å². The molecule has 1 fully saturated rings. The summed E-state index contributed by atoms with van der Waals surface area (Å²) in [5.41, 5.74) is 4.50. The average Bonchev–Trinajstić information content (AvgIpc) is 2.72. The summed E-state index contributed by atoms with van der Waals surface area (Å²) in [6, 6.07) is -0.533. The molecule has 1 aliphatic heterocycles. The number of hydrogen-bond donors (Lipinski definition) is 4. The number of carbonyl (C=O) groups is 4. The minimum absolute atomic E-state index is 0.00883. The molecule has 8 nitrogen and oxygen atoms in total. The Morgan fingerprint density at radius 1 is 1.25 bits per heavy atom. The lowest BCUT2D eigenvalue weighted by atomic mass is 9.83. The Morgan fingerprint density at radius 3 is 2.53 bits per heavy atom. The fraction of sp³-hybridized carbons (Fsp3) is 0.750. The van der Waals surface area contributed by atoms with E-state index in [-0.39, 0.29) is 35.7 Å². The number of hydrogen-bond acceptors (Lipinski definition) is 6. The molecule has 1 rings (SSSR count). The number of amides is 2. The van der Waals surface area contributed by atoms with Gasteiger partial charge in [0, 0.05) is 31.2 Å². The first kappa shape index (κ1) is 27.7. The zero-order valence-corrected chi connectivity index (χ0v) is 20.2. The van der Waals surface area contributed by atoms with Crippen molar-refractivity contribution in [3.8, 4) is 0 Å². The normalized spacial score (nSPS) is 25.8. The highest BCUT2D eigenvalue weighted by molar-refractivity contribution is 5.96. The first-order valence-electron chi connectivity index (χ1n) is 11.9. The van der Waals surface area contributed by atoms with Crippen LogP contribution >= 0.6 is 0 Å². The summed E-state index contributed by atoms with van der Waals surface area (Å²) in [6.07, 6.45) is 4.68. The lowest BCUT2D eigenvalue weighted by Gasteiger charge is -2.32. The molecule has 0 radical (unpaired) electrons. The predicted octanol–water partition coefficient (Wildman–Crippen LogP) is 2.32. The van der Waals surface area contributed by atoms with Crippen LogP contribution in [0.25, 0.3) is 0 Å². The second-order valence-corrected chi connectivity index (χ2v) is 9.39. The van der Waals surface area contributed by atoms with E-state index >= 15 is 0 Å². The van der Waals surface area contributed by atoms with E-state index in [4.69, 9.17) is 5.73 Å². The monoisotopic (exact) mass is 450 g/mol. The van der Waals surface area contributed by atoms with E-state index in [0.29, 0.717) is 50.9 Å². The van der Waals surface area contributed by atoms with Gasteiger partial charge in [0.2, 0.25) is 11.8 Å². The summed E-state index contributed by atoms with van der Waals surface area (Å²) in [4.78, 5) is 51.5. The topological polar surface area (TPSA) is 130 Å². The van der Waals surface area contributed by atoms with Crippen LogP contribution in [0.15, 0.2) is 12.4 Å². The summed E-state index contributed by atoms with van der Waals surface area (Å²) in [6.45, 7) is 11.3. The van der Waals surface area contributed by atoms with E-state index in [9.17, 15) is 19.2 Å². The summed E-state index contributed by atoms with van der Waals surface area (Å²) in [5, 5.41) is 8.73. The molecule has 0 bridgehead atoms. The van der Waals surface area contributed by atoms with Gasteiger partial charge in [-0.2, -0.15) is 0 Å². The van der Waals surface area contributed by atoms with Crippen molar-refractivity contribution in [2.45, 2.75) is 97.1 Å². The van der Waals surface area contributed by atoms with Crippen molar-refractivity contribution in [2.24, 2.45) is 17.6 Å². The van der Waals surface area contributed by atoms with Gasteiger partial charge in [-0.15, -0.1) is 0 Å². The third-order valence-corrected chi connectivity index (χ3v) is 6.14. The molecule has 0 aliphatic carbocycles. The summed E-state index contributed by atoms with van der Waals surface area (Å²) in [7, 11) is 0. The Hall–Kier alpha value is -2.38. The van der Waals surface area contributed by atoms with E-state index in [1.54, 1.807) is 20.8 Å². The van der Waals surface area contributed by atoms with Gasteiger partial charge in [-0.1, -0.05) is 40.2 Å². The van der Waals surface area contributed by atoms with Gasteiger partial charge in [-0.3, -0.25) is 19.2 Å². The Labute approximate surface area is 192 Å². The Kier molecular flexibility index (Phi) is 11.4. The van der Waals surface area contributed by atoms with E-state index in [1.807, 2.05) is 6.92 Å². The molecule has 0 unspecified atom stereocenters. The average molecular weight is 451 g/mol. The SMILES string of the molecule is C=C(N)NCCC[C@@H]1CC(=O)[C@@](C)(NC(=O)C(C)C)CCCCCC(=O)[C@H](CC)NC1=O. The highest BCUT2D eigenvalue weighted by atomic mass is 16.2. The minimum atomic E-state index is -1.04. The molecule has 0 saturated carbocycles. The molecule has 2 amide bonds. The van der Waals surface area contributed by atoms with Gasteiger partial charge < -0.3 is 21.7 Å². The van der Waals surface area contributed by atoms with Crippen LogP contribution < -0.4 is 21.7 Å². The maximum atomic E-state index is 13.4. The van der Waals surface area contributed by atoms with Crippen molar-refractivity contribution in [1.29, 1.82) is 0 Å². The molecule has 1 aliphatic rings. The molecule has 3 atom stereocenters. The van der Waals surface area contributed by atoms with Crippen LogP contribution in [0.1, 0.15) is 85.5 Å². The summed E-state index contributed by atoms with van der Waals surface area (Å²) >= 11 is 0. The fourth-order valence-corrected chi connectivity index (χ4v) is 3.89. The minimum Gasteiger partial charge on any atom is -0.386 e. The van der Waals surface area contributed by atoms with E-state index in [0.717, 1.165) is 12.8 Å². The van der Waals surface area contributed by atoms with Crippen LogP contribution in [0, 0.1) is 11.8 Å². The van der Waals surface area contributed by atoms with Crippen molar-refractivity contribution in [1.82, 2.24) is 16.0 Å². The molecule has 5 N–H and O–H groups in total. The van der Waals surface area contributed by atoms with Crippen LogP contribution in [0.4, 0.5) is 0 Å². The largest absolute Gasteiger partial charge is 0.386 e. The molecule has 1 saturated heterocycles. The van der Waals surface area contributed by atoms with Crippen LogP contribution in [0.3, 0.4) is 0 Å². The number of rotatable bonds is 8. The van der Waals surface area contributed by atoms with Gasteiger partial charge in [0.1, 0.15) is 0 Å². The number of ketones is 2. The van der Waals surface area contributed by atoms with Gasteiger partial charge >= 0.3 is 0 Å². The first-order chi connectivity index (χ1) is 15.0. The highest BCUT2D eigenvalue weighted by Gasteiger charge is 2.37. The second kappa shape index (κ2) is 13.2. The number of carbonyl (C=O) groups excluding carboxylic acids is 4. The molecule has 0 aromatic heterocycles. The molecule has 32 heavy (non-hydrogen) atoms. The van der Waals surface area contributed by atoms with Crippen molar-refractivity contribution in [3.63, 3.8) is 0 Å². The summed E-state index contributed by atoms with van der Waals surface area (Å²) in [5.74, 6) is -1.08. The first-order valence-corrected chi connectivity index (χ1v) is 11.9. The smallest absolute Gasteiger partial charge is 0.224 e. The highest BCUT2D eigenvalue weighted by Crippen LogP contribution is 2.24. The third-order valence-electron chi connectivity index (χ3n) is 6.14. The quantitative estimate of drug-likeness (QED) is 0.420. The van der Waals surface area contributed by atoms with Crippen LogP contribution in [0.5, 0.6) is 0 Å².